The van der Waals surface area contributed by atoms with Crippen molar-refractivity contribution in [3.05, 3.63) is 35.9 Å². The molecule has 0 bridgehead atoms. The first-order chi connectivity index (χ1) is 9.85. The number of nitrogens with one attached hydrogen (secondary N) is 1. The fraction of sp³-hybridized carbons (Fsp3) is 0.286. The zero-order chi connectivity index (χ0) is 15.5. The Bertz CT molecular complexity index is 693. The zero-order valence-electron chi connectivity index (χ0n) is 11.2. The minimum absolute atomic E-state index is 0.0481. The summed E-state index contributed by atoms with van der Waals surface area (Å²) in [6.45, 7) is 0. The van der Waals surface area contributed by atoms with E-state index in [9.17, 15) is 18.0 Å². The Balaban J connectivity index is 2.04. The van der Waals surface area contributed by atoms with Crippen molar-refractivity contribution in [2.75, 3.05) is 16.8 Å². The van der Waals surface area contributed by atoms with Gasteiger partial charge in [-0.15, -0.1) is 0 Å². The second-order valence-corrected chi connectivity index (χ2v) is 7.11. The fourth-order valence-electron chi connectivity index (χ4n) is 2.13. The van der Waals surface area contributed by atoms with Crippen molar-refractivity contribution in [2.45, 2.75) is 6.42 Å². The summed E-state index contributed by atoms with van der Waals surface area (Å²) in [5, 5.41) is 11.2. The van der Waals surface area contributed by atoms with Gasteiger partial charge in [-0.3, -0.25) is 4.79 Å². The Morgan fingerprint density at radius 1 is 1.33 bits per heavy atom. The van der Waals surface area contributed by atoms with Crippen molar-refractivity contribution in [3.8, 4) is 0 Å². The van der Waals surface area contributed by atoms with Crippen LogP contribution in [0.4, 0.5) is 5.69 Å². The van der Waals surface area contributed by atoms with Gasteiger partial charge in [0.05, 0.1) is 17.4 Å². The number of benzene rings is 1. The van der Waals surface area contributed by atoms with Crippen molar-refractivity contribution in [3.63, 3.8) is 0 Å². The van der Waals surface area contributed by atoms with Crippen LogP contribution in [0, 0.1) is 5.92 Å². The quantitative estimate of drug-likeness (QED) is 0.813. The van der Waals surface area contributed by atoms with E-state index in [1.54, 1.807) is 24.3 Å². The molecule has 6 nitrogen and oxygen atoms in total. The Hall–Kier alpha value is -2.15. The summed E-state index contributed by atoms with van der Waals surface area (Å²) in [7, 11) is -3.10. The molecule has 0 aliphatic carbocycles. The number of hydrogen-bond acceptors (Lipinski definition) is 4. The van der Waals surface area contributed by atoms with Crippen molar-refractivity contribution in [2.24, 2.45) is 5.92 Å². The van der Waals surface area contributed by atoms with Crippen LogP contribution in [0.2, 0.25) is 0 Å². The molecule has 2 rings (SSSR count). The highest BCUT2D eigenvalue weighted by atomic mass is 32.2. The molecule has 2 N–H and O–H groups in total. The number of sulfone groups is 1. The Labute approximate surface area is 122 Å². The molecule has 0 radical (unpaired) electrons. The fourth-order valence-corrected chi connectivity index (χ4v) is 3.88. The van der Waals surface area contributed by atoms with Gasteiger partial charge in [-0.2, -0.15) is 0 Å². The predicted molar refractivity (Wildman–Crippen MR) is 78.5 cm³/mol. The van der Waals surface area contributed by atoms with Gasteiger partial charge < -0.3 is 10.4 Å². The molecule has 1 unspecified atom stereocenters. The van der Waals surface area contributed by atoms with Crippen LogP contribution in [0.5, 0.6) is 0 Å². The molecule has 1 amide bonds. The number of amides is 1. The van der Waals surface area contributed by atoms with E-state index < -0.39 is 21.7 Å². The summed E-state index contributed by atoms with van der Waals surface area (Å²) >= 11 is 0. The topological polar surface area (TPSA) is 101 Å². The maximum Gasteiger partial charge on any atom is 0.328 e. The SMILES string of the molecule is O=C(O)C=Cc1cccc(NC(=O)C2CCS(=O)(=O)C2)c1. The van der Waals surface area contributed by atoms with Gasteiger partial charge >= 0.3 is 5.97 Å². The summed E-state index contributed by atoms with van der Waals surface area (Å²) < 4.78 is 22.7. The maximum atomic E-state index is 12.0. The van der Waals surface area contributed by atoms with E-state index in [2.05, 4.69) is 5.32 Å². The van der Waals surface area contributed by atoms with Crippen LogP contribution in [0.15, 0.2) is 30.3 Å². The standard InChI is InChI=1S/C14H15NO5S/c16-13(17)5-4-10-2-1-3-12(8-10)15-14(18)11-6-7-21(19,20)9-11/h1-5,8,11H,6-7,9H2,(H,15,18)(H,16,17). The minimum Gasteiger partial charge on any atom is -0.478 e. The van der Waals surface area contributed by atoms with Crippen molar-refractivity contribution >= 4 is 33.5 Å². The lowest BCUT2D eigenvalue weighted by Gasteiger charge is -2.09. The second kappa shape index (κ2) is 6.09. The van der Waals surface area contributed by atoms with Gasteiger partial charge in [-0.1, -0.05) is 12.1 Å². The first-order valence-electron chi connectivity index (χ1n) is 6.38. The Morgan fingerprint density at radius 2 is 2.10 bits per heavy atom. The molecule has 21 heavy (non-hydrogen) atoms. The van der Waals surface area contributed by atoms with Crippen LogP contribution in [-0.4, -0.2) is 36.9 Å². The van der Waals surface area contributed by atoms with Gasteiger partial charge in [0.2, 0.25) is 5.91 Å². The molecule has 1 heterocycles. The third-order valence-corrected chi connectivity index (χ3v) is 4.94. The van der Waals surface area contributed by atoms with Gasteiger partial charge in [0, 0.05) is 11.8 Å². The Morgan fingerprint density at radius 3 is 2.71 bits per heavy atom. The normalized spacial score (nSPS) is 20.5. The third kappa shape index (κ3) is 4.42. The number of carbonyl (C=O) groups is 2. The number of rotatable bonds is 4. The molecular formula is C14H15NO5S. The highest BCUT2D eigenvalue weighted by Crippen LogP contribution is 2.21. The molecule has 1 aliphatic heterocycles. The zero-order valence-corrected chi connectivity index (χ0v) is 12.0. The van der Waals surface area contributed by atoms with Crippen LogP contribution >= 0.6 is 0 Å². The lowest BCUT2D eigenvalue weighted by atomic mass is 10.1. The van der Waals surface area contributed by atoms with Gasteiger partial charge in [0.1, 0.15) is 0 Å². The molecule has 0 saturated carbocycles. The van der Waals surface area contributed by atoms with E-state index >= 15 is 0 Å². The first-order valence-corrected chi connectivity index (χ1v) is 8.20. The number of aliphatic carboxylic acids is 1. The average molecular weight is 309 g/mol. The summed E-state index contributed by atoms with van der Waals surface area (Å²) in [4.78, 5) is 22.4. The lowest BCUT2D eigenvalue weighted by Crippen LogP contribution is -2.23. The molecule has 1 aliphatic rings. The van der Waals surface area contributed by atoms with Gasteiger partial charge in [-0.05, 0) is 30.2 Å². The van der Waals surface area contributed by atoms with Crippen LogP contribution in [0.3, 0.4) is 0 Å². The van der Waals surface area contributed by atoms with E-state index in [0.717, 1.165) is 6.08 Å². The van der Waals surface area contributed by atoms with E-state index in [-0.39, 0.29) is 17.4 Å². The van der Waals surface area contributed by atoms with Crippen LogP contribution in [-0.2, 0) is 19.4 Å². The van der Waals surface area contributed by atoms with E-state index in [4.69, 9.17) is 5.11 Å². The number of anilines is 1. The second-order valence-electron chi connectivity index (χ2n) is 4.89. The largest absolute Gasteiger partial charge is 0.478 e. The number of hydrogen-bond donors (Lipinski definition) is 2. The Kier molecular flexibility index (Phi) is 4.42. The van der Waals surface area contributed by atoms with E-state index in [1.807, 2.05) is 0 Å². The molecule has 1 saturated heterocycles. The molecule has 7 heteroatoms. The van der Waals surface area contributed by atoms with Crippen molar-refractivity contribution in [1.82, 2.24) is 0 Å². The average Bonchev–Trinajstić information content (AvgIpc) is 2.77. The summed E-state index contributed by atoms with van der Waals surface area (Å²) in [5.41, 5.74) is 1.14. The van der Waals surface area contributed by atoms with Gasteiger partial charge in [0.15, 0.2) is 9.84 Å². The third-order valence-electron chi connectivity index (χ3n) is 3.18. The molecule has 0 aromatic heterocycles. The van der Waals surface area contributed by atoms with Gasteiger partial charge in [-0.25, -0.2) is 13.2 Å². The summed E-state index contributed by atoms with van der Waals surface area (Å²) in [6.07, 6.45) is 2.76. The maximum absolute atomic E-state index is 12.0. The highest BCUT2D eigenvalue weighted by molar-refractivity contribution is 7.91. The molecule has 1 atom stereocenters. The molecule has 0 spiro atoms. The van der Waals surface area contributed by atoms with E-state index in [0.29, 0.717) is 17.7 Å². The van der Waals surface area contributed by atoms with Crippen molar-refractivity contribution in [1.29, 1.82) is 0 Å². The summed E-state index contributed by atoms with van der Waals surface area (Å²) in [5.74, 6) is -1.96. The number of carboxylic acid groups (broad SMARTS) is 1. The minimum atomic E-state index is -3.10. The van der Waals surface area contributed by atoms with Crippen LogP contribution in [0.25, 0.3) is 6.08 Å². The van der Waals surface area contributed by atoms with E-state index in [1.165, 1.54) is 6.08 Å². The van der Waals surface area contributed by atoms with Crippen LogP contribution < -0.4 is 5.32 Å². The molecule has 1 aromatic carbocycles. The molecule has 112 valence electrons. The first kappa shape index (κ1) is 15.2. The number of carboxylic acids is 1. The molecular weight excluding hydrogens is 294 g/mol. The van der Waals surface area contributed by atoms with Crippen LogP contribution in [0.1, 0.15) is 12.0 Å². The smallest absolute Gasteiger partial charge is 0.328 e. The molecule has 1 fully saturated rings. The van der Waals surface area contributed by atoms with Gasteiger partial charge in [0.25, 0.3) is 0 Å². The highest BCUT2D eigenvalue weighted by Gasteiger charge is 2.32. The predicted octanol–water partition coefficient (Wildman–Crippen LogP) is 1.16. The number of carbonyl (C=O) groups excluding carboxylic acids is 1. The monoisotopic (exact) mass is 309 g/mol. The lowest BCUT2D eigenvalue weighted by molar-refractivity contribution is -0.131. The summed E-state index contributed by atoms with van der Waals surface area (Å²) in [6, 6.07) is 6.68. The molecule has 1 aromatic rings. The van der Waals surface area contributed by atoms with Crippen molar-refractivity contribution < 1.29 is 23.1 Å².